The Bertz CT molecular complexity index is 1350. The SMILES string of the molecule is COc1cc(OC)cc(N(CC2COCC(C)(C)N2)c2ccc3ncc(-c4cnn(C)c4)nc3c2)c1. The lowest BCUT2D eigenvalue weighted by Crippen LogP contribution is -2.58. The molecule has 9 nitrogen and oxygen atoms in total. The van der Waals surface area contributed by atoms with Crippen molar-refractivity contribution in [3.63, 3.8) is 0 Å². The highest BCUT2D eigenvalue weighted by atomic mass is 16.5. The number of aryl methyl sites for hydroxylation is 1. The summed E-state index contributed by atoms with van der Waals surface area (Å²) < 4.78 is 18.8. The molecule has 9 heteroatoms. The molecule has 1 atom stereocenters. The first-order chi connectivity index (χ1) is 17.3. The Morgan fingerprint density at radius 2 is 1.83 bits per heavy atom. The molecule has 0 spiro atoms. The van der Waals surface area contributed by atoms with Crippen molar-refractivity contribution in [1.82, 2.24) is 25.1 Å². The number of methoxy groups -OCH3 is 2. The van der Waals surface area contributed by atoms with Crippen molar-refractivity contribution in [2.24, 2.45) is 7.05 Å². The molecule has 1 unspecified atom stereocenters. The molecule has 1 fully saturated rings. The molecule has 0 radical (unpaired) electrons. The quantitative estimate of drug-likeness (QED) is 0.419. The predicted octanol–water partition coefficient (Wildman–Crippen LogP) is 3.95. The smallest absolute Gasteiger partial charge is 0.124 e. The summed E-state index contributed by atoms with van der Waals surface area (Å²) in [6.45, 7) is 6.30. The number of benzene rings is 2. The second-order valence-corrected chi connectivity index (χ2v) is 9.75. The number of ether oxygens (including phenoxy) is 3. The number of fused-ring (bicyclic) bond motifs is 1. The van der Waals surface area contributed by atoms with Crippen molar-refractivity contribution >= 4 is 22.4 Å². The molecule has 36 heavy (non-hydrogen) atoms. The van der Waals surface area contributed by atoms with Crippen LogP contribution in [0.4, 0.5) is 11.4 Å². The summed E-state index contributed by atoms with van der Waals surface area (Å²) in [6.07, 6.45) is 5.52. The Labute approximate surface area is 211 Å². The van der Waals surface area contributed by atoms with Crippen molar-refractivity contribution in [2.75, 3.05) is 38.9 Å². The second-order valence-electron chi connectivity index (χ2n) is 9.75. The molecule has 188 valence electrons. The van der Waals surface area contributed by atoms with Crippen molar-refractivity contribution in [3.05, 3.63) is 55.0 Å². The number of rotatable bonds is 7. The lowest BCUT2D eigenvalue weighted by Gasteiger charge is -2.39. The van der Waals surface area contributed by atoms with Gasteiger partial charge in [-0.15, -0.1) is 0 Å². The number of nitrogens with zero attached hydrogens (tertiary/aromatic N) is 5. The van der Waals surface area contributed by atoms with Crippen LogP contribution in [0.25, 0.3) is 22.3 Å². The van der Waals surface area contributed by atoms with E-state index in [2.05, 4.69) is 46.3 Å². The Hall–Kier alpha value is -3.69. The molecule has 0 amide bonds. The van der Waals surface area contributed by atoms with Crippen LogP contribution in [0.15, 0.2) is 55.0 Å². The Morgan fingerprint density at radius 3 is 2.50 bits per heavy atom. The number of hydrogen-bond donors (Lipinski definition) is 1. The molecular formula is C27H32N6O3. The molecule has 0 saturated carbocycles. The minimum Gasteiger partial charge on any atom is -0.497 e. The first kappa shape index (κ1) is 24.0. The summed E-state index contributed by atoms with van der Waals surface area (Å²) in [6, 6.07) is 12.2. The summed E-state index contributed by atoms with van der Waals surface area (Å²) in [7, 11) is 5.21. The molecular weight excluding hydrogens is 456 g/mol. The minimum atomic E-state index is -0.103. The van der Waals surface area contributed by atoms with E-state index in [1.165, 1.54) is 0 Å². The number of morpholine rings is 1. The van der Waals surface area contributed by atoms with Crippen LogP contribution in [0.3, 0.4) is 0 Å². The predicted molar refractivity (Wildman–Crippen MR) is 140 cm³/mol. The molecule has 1 N–H and O–H groups in total. The first-order valence-corrected chi connectivity index (χ1v) is 12.0. The fourth-order valence-electron chi connectivity index (χ4n) is 4.58. The van der Waals surface area contributed by atoms with Gasteiger partial charge in [-0.2, -0.15) is 5.10 Å². The lowest BCUT2D eigenvalue weighted by molar-refractivity contribution is 0.0157. The highest BCUT2D eigenvalue weighted by Gasteiger charge is 2.29. The maximum absolute atomic E-state index is 5.93. The van der Waals surface area contributed by atoms with Crippen molar-refractivity contribution in [2.45, 2.75) is 25.4 Å². The molecule has 1 saturated heterocycles. The fourth-order valence-corrected chi connectivity index (χ4v) is 4.58. The third-order valence-electron chi connectivity index (χ3n) is 6.27. The van der Waals surface area contributed by atoms with E-state index in [1.807, 2.05) is 37.5 Å². The third kappa shape index (κ3) is 5.12. The third-order valence-corrected chi connectivity index (χ3v) is 6.27. The molecule has 1 aliphatic heterocycles. The highest BCUT2D eigenvalue weighted by Crippen LogP contribution is 2.34. The van der Waals surface area contributed by atoms with Crippen LogP contribution in [-0.4, -0.2) is 65.3 Å². The summed E-state index contributed by atoms with van der Waals surface area (Å²) in [5.41, 5.74) is 5.18. The molecule has 0 aliphatic carbocycles. The van der Waals surface area contributed by atoms with E-state index in [0.717, 1.165) is 45.2 Å². The van der Waals surface area contributed by atoms with E-state index >= 15 is 0 Å². The van der Waals surface area contributed by atoms with Gasteiger partial charge in [-0.3, -0.25) is 9.67 Å². The van der Waals surface area contributed by atoms with Crippen molar-refractivity contribution < 1.29 is 14.2 Å². The van der Waals surface area contributed by atoms with Crippen molar-refractivity contribution in [3.8, 4) is 22.8 Å². The monoisotopic (exact) mass is 488 g/mol. The van der Waals surface area contributed by atoms with Gasteiger partial charge in [0, 0.05) is 66.5 Å². The van der Waals surface area contributed by atoms with Gasteiger partial charge in [0.25, 0.3) is 0 Å². The zero-order valence-electron chi connectivity index (χ0n) is 21.4. The van der Waals surface area contributed by atoms with E-state index in [0.29, 0.717) is 19.8 Å². The standard InChI is InChI=1S/C27H32N6O3/c1-27(2)17-36-16-19(31-27)15-33(21-8-22(34-4)11-23(9-21)35-5)20-6-7-24-25(10-20)30-26(13-28-24)18-12-29-32(3)14-18/h6-14,19,31H,15-17H2,1-5H3. The zero-order chi connectivity index (χ0) is 25.3. The summed E-state index contributed by atoms with van der Waals surface area (Å²) in [5, 5.41) is 7.99. The number of nitrogens with one attached hydrogen (secondary N) is 1. The molecule has 5 rings (SSSR count). The van der Waals surface area contributed by atoms with E-state index in [4.69, 9.17) is 19.2 Å². The maximum atomic E-state index is 5.93. The Balaban J connectivity index is 1.57. The van der Waals surface area contributed by atoms with E-state index in [9.17, 15) is 0 Å². The van der Waals surface area contributed by atoms with E-state index in [1.54, 1.807) is 31.3 Å². The number of aromatic nitrogens is 4. The van der Waals surface area contributed by atoms with Crippen LogP contribution in [0.5, 0.6) is 11.5 Å². The number of hydrogen-bond acceptors (Lipinski definition) is 8. The second kappa shape index (κ2) is 9.75. The lowest BCUT2D eigenvalue weighted by atomic mass is 10.0. The largest absolute Gasteiger partial charge is 0.497 e. The summed E-state index contributed by atoms with van der Waals surface area (Å²) in [4.78, 5) is 11.8. The van der Waals surface area contributed by atoms with Crippen LogP contribution in [0.2, 0.25) is 0 Å². The average molecular weight is 489 g/mol. The minimum absolute atomic E-state index is 0.103. The fraction of sp³-hybridized carbons (Fsp3) is 0.370. The molecule has 2 aromatic heterocycles. The van der Waals surface area contributed by atoms with Crippen LogP contribution >= 0.6 is 0 Å². The van der Waals surface area contributed by atoms with Crippen LogP contribution in [-0.2, 0) is 11.8 Å². The number of anilines is 2. The maximum Gasteiger partial charge on any atom is 0.124 e. The van der Waals surface area contributed by atoms with E-state index in [-0.39, 0.29) is 11.6 Å². The van der Waals surface area contributed by atoms with Gasteiger partial charge < -0.3 is 24.4 Å². The molecule has 2 aromatic carbocycles. The van der Waals surface area contributed by atoms with Crippen LogP contribution in [0.1, 0.15) is 13.8 Å². The van der Waals surface area contributed by atoms with Gasteiger partial charge in [-0.05, 0) is 32.0 Å². The highest BCUT2D eigenvalue weighted by molar-refractivity contribution is 5.82. The van der Waals surface area contributed by atoms with Crippen molar-refractivity contribution in [1.29, 1.82) is 0 Å². The average Bonchev–Trinajstić information content (AvgIpc) is 3.32. The van der Waals surface area contributed by atoms with Gasteiger partial charge in [0.2, 0.25) is 0 Å². The first-order valence-electron chi connectivity index (χ1n) is 12.0. The molecule has 4 aromatic rings. The van der Waals surface area contributed by atoms with Gasteiger partial charge in [0.15, 0.2) is 0 Å². The molecule has 3 heterocycles. The van der Waals surface area contributed by atoms with Gasteiger partial charge >= 0.3 is 0 Å². The zero-order valence-corrected chi connectivity index (χ0v) is 21.4. The molecule has 0 bridgehead atoms. The Morgan fingerprint density at radius 1 is 1.06 bits per heavy atom. The van der Waals surface area contributed by atoms with E-state index < -0.39 is 0 Å². The van der Waals surface area contributed by atoms with Crippen LogP contribution in [0, 0.1) is 0 Å². The Kier molecular flexibility index (Phi) is 6.51. The van der Waals surface area contributed by atoms with Crippen LogP contribution < -0.4 is 19.7 Å². The van der Waals surface area contributed by atoms with Gasteiger partial charge in [-0.25, -0.2) is 4.98 Å². The van der Waals surface area contributed by atoms with Gasteiger partial charge in [-0.1, -0.05) is 0 Å². The summed E-state index contributed by atoms with van der Waals surface area (Å²) >= 11 is 0. The van der Waals surface area contributed by atoms with Gasteiger partial charge in [0.1, 0.15) is 11.5 Å². The normalized spacial score (nSPS) is 17.2. The summed E-state index contributed by atoms with van der Waals surface area (Å²) in [5.74, 6) is 1.45. The molecule has 1 aliphatic rings. The topological polar surface area (TPSA) is 86.6 Å². The van der Waals surface area contributed by atoms with Gasteiger partial charge in [0.05, 0.1) is 56.6 Å².